The number of likely N-dealkylation sites (N-methyl/N-ethyl adjacent to an activating group) is 1. The fourth-order valence-electron chi connectivity index (χ4n) is 2.95. The van der Waals surface area contributed by atoms with Gasteiger partial charge in [0.15, 0.2) is 5.60 Å². The summed E-state index contributed by atoms with van der Waals surface area (Å²) < 4.78 is 10.0. The highest BCUT2D eigenvalue weighted by Gasteiger charge is 2.43. The lowest BCUT2D eigenvalue weighted by Crippen LogP contribution is -2.58. The van der Waals surface area contributed by atoms with E-state index in [-0.39, 0.29) is 24.8 Å². The molecule has 0 aliphatic carbocycles. The number of carbonyl (C=O) groups is 2. The van der Waals surface area contributed by atoms with Gasteiger partial charge < -0.3 is 19.5 Å². The number of morpholine rings is 1. The van der Waals surface area contributed by atoms with Gasteiger partial charge in [0.2, 0.25) is 5.91 Å². The van der Waals surface area contributed by atoms with Crippen LogP contribution in [0.4, 0.5) is 0 Å². The molecule has 0 aromatic heterocycles. The monoisotopic (exact) mass is 300 g/mol. The van der Waals surface area contributed by atoms with E-state index in [9.17, 15) is 14.7 Å². The van der Waals surface area contributed by atoms with Crippen molar-refractivity contribution >= 4 is 11.9 Å². The van der Waals surface area contributed by atoms with Gasteiger partial charge in [0.1, 0.15) is 6.04 Å². The Morgan fingerprint density at radius 3 is 2.57 bits per heavy atom. The molecule has 120 valence electrons. The molecule has 2 fully saturated rings. The van der Waals surface area contributed by atoms with Crippen LogP contribution in [0.15, 0.2) is 0 Å². The van der Waals surface area contributed by atoms with Crippen LogP contribution >= 0.6 is 0 Å². The molecule has 1 atom stereocenters. The van der Waals surface area contributed by atoms with E-state index in [1.165, 1.54) is 7.11 Å². The first-order valence-corrected chi connectivity index (χ1v) is 7.43. The number of esters is 1. The van der Waals surface area contributed by atoms with Crippen LogP contribution in [0, 0.1) is 0 Å². The third-order valence-electron chi connectivity index (χ3n) is 4.40. The van der Waals surface area contributed by atoms with Crippen molar-refractivity contribution in [3.8, 4) is 0 Å². The third-order valence-corrected chi connectivity index (χ3v) is 4.40. The summed E-state index contributed by atoms with van der Waals surface area (Å²) in [5.41, 5.74) is -1.46. The standard InChI is InChI=1S/C14H24N2O5/c1-3-15-8-9-21-10-11(15)12(17)16-6-4-14(19,5-7-16)13(18)20-2/h11,19H,3-10H2,1-2H3. The van der Waals surface area contributed by atoms with Crippen LogP contribution < -0.4 is 0 Å². The number of carbonyl (C=O) groups excluding carboxylic acids is 2. The fourth-order valence-corrected chi connectivity index (χ4v) is 2.95. The minimum atomic E-state index is -1.46. The fraction of sp³-hybridized carbons (Fsp3) is 0.857. The predicted octanol–water partition coefficient (Wildman–Crippen LogP) is -0.766. The highest BCUT2D eigenvalue weighted by molar-refractivity contribution is 5.83. The van der Waals surface area contributed by atoms with E-state index in [4.69, 9.17) is 4.74 Å². The van der Waals surface area contributed by atoms with Crippen molar-refractivity contribution in [2.24, 2.45) is 0 Å². The van der Waals surface area contributed by atoms with E-state index >= 15 is 0 Å². The first-order chi connectivity index (χ1) is 10.0. The van der Waals surface area contributed by atoms with Gasteiger partial charge in [-0.05, 0) is 6.54 Å². The van der Waals surface area contributed by atoms with E-state index in [1.807, 2.05) is 6.92 Å². The number of piperidine rings is 1. The summed E-state index contributed by atoms with van der Waals surface area (Å²) in [7, 11) is 1.26. The summed E-state index contributed by atoms with van der Waals surface area (Å²) in [6.45, 7) is 5.37. The number of amides is 1. The molecule has 0 saturated carbocycles. The maximum absolute atomic E-state index is 12.6. The lowest BCUT2D eigenvalue weighted by molar-refractivity contribution is -0.170. The Bertz CT molecular complexity index is 393. The van der Waals surface area contributed by atoms with Crippen LogP contribution in [0.25, 0.3) is 0 Å². The van der Waals surface area contributed by atoms with Crippen molar-refractivity contribution in [3.05, 3.63) is 0 Å². The number of nitrogens with zero attached hydrogens (tertiary/aromatic N) is 2. The van der Waals surface area contributed by atoms with Gasteiger partial charge in [-0.15, -0.1) is 0 Å². The number of likely N-dealkylation sites (tertiary alicyclic amines) is 1. The maximum atomic E-state index is 12.6. The quantitative estimate of drug-likeness (QED) is 0.690. The second kappa shape index (κ2) is 6.72. The molecule has 0 bridgehead atoms. The second-order valence-electron chi connectivity index (χ2n) is 5.57. The molecular formula is C14H24N2O5. The molecule has 2 aliphatic rings. The summed E-state index contributed by atoms with van der Waals surface area (Å²) >= 11 is 0. The normalized spacial score (nSPS) is 26.4. The van der Waals surface area contributed by atoms with Gasteiger partial charge in [-0.3, -0.25) is 9.69 Å². The molecule has 0 aromatic carbocycles. The number of aliphatic hydroxyl groups is 1. The molecule has 1 unspecified atom stereocenters. The Morgan fingerprint density at radius 1 is 1.33 bits per heavy atom. The average molecular weight is 300 g/mol. The maximum Gasteiger partial charge on any atom is 0.337 e. The van der Waals surface area contributed by atoms with Gasteiger partial charge in [-0.25, -0.2) is 4.79 Å². The molecule has 0 radical (unpaired) electrons. The van der Waals surface area contributed by atoms with Gasteiger partial charge in [0, 0.05) is 32.5 Å². The van der Waals surface area contributed by atoms with Gasteiger partial charge in [0.25, 0.3) is 0 Å². The van der Waals surface area contributed by atoms with Crippen LogP contribution in [-0.2, 0) is 19.1 Å². The molecule has 21 heavy (non-hydrogen) atoms. The highest BCUT2D eigenvalue weighted by atomic mass is 16.5. The van der Waals surface area contributed by atoms with Crippen LogP contribution in [-0.4, -0.2) is 84.9 Å². The first kappa shape index (κ1) is 16.2. The Kier molecular flexibility index (Phi) is 5.18. The smallest absolute Gasteiger partial charge is 0.337 e. The summed E-state index contributed by atoms with van der Waals surface area (Å²) in [6, 6.07) is -0.256. The minimum absolute atomic E-state index is 0.0171. The van der Waals surface area contributed by atoms with E-state index in [2.05, 4.69) is 9.64 Å². The molecule has 2 rings (SSSR count). The van der Waals surface area contributed by atoms with Gasteiger partial charge in [-0.1, -0.05) is 6.92 Å². The zero-order valence-corrected chi connectivity index (χ0v) is 12.7. The number of methoxy groups -OCH3 is 1. The molecule has 0 aromatic rings. The molecule has 1 amide bonds. The number of ether oxygens (including phenoxy) is 2. The summed E-state index contributed by atoms with van der Waals surface area (Å²) in [5, 5.41) is 10.2. The molecule has 2 aliphatic heterocycles. The van der Waals surface area contributed by atoms with E-state index in [0.717, 1.165) is 13.1 Å². The second-order valence-corrected chi connectivity index (χ2v) is 5.57. The molecule has 0 spiro atoms. The van der Waals surface area contributed by atoms with Gasteiger partial charge in [0.05, 0.1) is 20.3 Å². The van der Waals surface area contributed by atoms with Crippen molar-refractivity contribution in [2.75, 3.05) is 46.5 Å². The van der Waals surface area contributed by atoms with Crippen LogP contribution in [0.1, 0.15) is 19.8 Å². The Balaban J connectivity index is 1.95. The van der Waals surface area contributed by atoms with E-state index in [0.29, 0.717) is 26.3 Å². The molecule has 2 saturated heterocycles. The summed E-state index contributed by atoms with van der Waals surface area (Å²) in [4.78, 5) is 28.0. The first-order valence-electron chi connectivity index (χ1n) is 7.43. The molecule has 7 heteroatoms. The highest BCUT2D eigenvalue weighted by Crippen LogP contribution is 2.24. The van der Waals surface area contributed by atoms with E-state index in [1.54, 1.807) is 4.90 Å². The lowest BCUT2D eigenvalue weighted by Gasteiger charge is -2.40. The van der Waals surface area contributed by atoms with Crippen molar-refractivity contribution in [3.63, 3.8) is 0 Å². The summed E-state index contributed by atoms with van der Waals surface area (Å²) in [5.74, 6) is -0.603. The predicted molar refractivity (Wildman–Crippen MR) is 74.6 cm³/mol. The van der Waals surface area contributed by atoms with Crippen molar-refractivity contribution in [1.29, 1.82) is 0 Å². The average Bonchev–Trinajstić information content (AvgIpc) is 2.54. The van der Waals surface area contributed by atoms with E-state index < -0.39 is 11.6 Å². The van der Waals surface area contributed by atoms with Crippen molar-refractivity contribution in [1.82, 2.24) is 9.80 Å². The largest absolute Gasteiger partial charge is 0.467 e. The van der Waals surface area contributed by atoms with Crippen LogP contribution in [0.2, 0.25) is 0 Å². The lowest BCUT2D eigenvalue weighted by atomic mass is 9.91. The molecular weight excluding hydrogens is 276 g/mol. The van der Waals surface area contributed by atoms with Crippen LogP contribution in [0.3, 0.4) is 0 Å². The Labute approximate surface area is 124 Å². The number of rotatable bonds is 3. The molecule has 7 nitrogen and oxygen atoms in total. The Hall–Kier alpha value is -1.18. The summed E-state index contributed by atoms with van der Waals surface area (Å²) in [6.07, 6.45) is 0.427. The third kappa shape index (κ3) is 3.36. The molecule has 2 heterocycles. The number of hydrogen-bond acceptors (Lipinski definition) is 6. The van der Waals surface area contributed by atoms with Crippen molar-refractivity contribution < 1.29 is 24.2 Å². The zero-order valence-electron chi connectivity index (χ0n) is 12.7. The van der Waals surface area contributed by atoms with Gasteiger partial charge >= 0.3 is 5.97 Å². The number of hydrogen-bond donors (Lipinski definition) is 1. The SMILES string of the molecule is CCN1CCOCC1C(=O)N1CCC(O)(C(=O)OC)CC1. The molecule has 1 N–H and O–H groups in total. The van der Waals surface area contributed by atoms with Crippen LogP contribution in [0.5, 0.6) is 0 Å². The Morgan fingerprint density at radius 2 is 2.00 bits per heavy atom. The van der Waals surface area contributed by atoms with Crippen molar-refractivity contribution in [2.45, 2.75) is 31.4 Å². The zero-order chi connectivity index (χ0) is 15.5. The van der Waals surface area contributed by atoms with Gasteiger partial charge in [-0.2, -0.15) is 0 Å². The topological polar surface area (TPSA) is 79.3 Å². The minimum Gasteiger partial charge on any atom is -0.467 e.